The van der Waals surface area contributed by atoms with Gasteiger partial charge in [0.1, 0.15) is 11.8 Å². The fraction of sp³-hybridized carbons (Fsp3) is 0.630. The third kappa shape index (κ3) is 5.24. The smallest absolute Gasteiger partial charge is 0.407 e. The second-order valence-electron chi connectivity index (χ2n) is 11.6. The molecule has 1 spiro atoms. The average molecular weight is 513 g/mol. The van der Waals surface area contributed by atoms with Crippen LogP contribution < -0.4 is 21.5 Å². The van der Waals surface area contributed by atoms with Gasteiger partial charge in [0.2, 0.25) is 5.91 Å². The predicted molar refractivity (Wildman–Crippen MR) is 135 cm³/mol. The molecule has 0 aromatic heterocycles. The van der Waals surface area contributed by atoms with Crippen LogP contribution in [0.5, 0.6) is 5.75 Å². The quantitative estimate of drug-likeness (QED) is 0.199. The van der Waals surface area contributed by atoms with Gasteiger partial charge in [-0.1, -0.05) is 12.1 Å². The van der Waals surface area contributed by atoms with Crippen LogP contribution in [-0.2, 0) is 20.7 Å². The van der Waals surface area contributed by atoms with Gasteiger partial charge < -0.3 is 31.4 Å². The average Bonchev–Trinajstić information content (AvgIpc) is 3.15. The van der Waals surface area contributed by atoms with Crippen LogP contribution in [0, 0.1) is 28.6 Å². The number of rotatable bonds is 11. The number of guanidine groups is 1. The topological polar surface area (TPSA) is 166 Å². The fourth-order valence-electron chi connectivity index (χ4n) is 7.88. The third-order valence-electron chi connectivity index (χ3n) is 9.11. The number of aliphatic carboxylic acids is 1. The van der Waals surface area contributed by atoms with Crippen LogP contribution in [0.2, 0.25) is 0 Å². The highest BCUT2D eigenvalue weighted by atomic mass is 16.5. The number of alkyl carbamates (subject to hydrolysis) is 1. The Hall–Kier alpha value is -3.30. The molecule has 10 heteroatoms. The maximum absolute atomic E-state index is 12.6. The summed E-state index contributed by atoms with van der Waals surface area (Å²) in [7, 11) is 0. The predicted octanol–water partition coefficient (Wildman–Crippen LogP) is 2.58. The van der Waals surface area contributed by atoms with Crippen LogP contribution >= 0.6 is 0 Å². The van der Waals surface area contributed by atoms with Crippen molar-refractivity contribution >= 4 is 23.9 Å². The van der Waals surface area contributed by atoms with E-state index in [1.807, 2.05) is 0 Å². The highest BCUT2D eigenvalue weighted by Crippen LogP contribution is 2.78. The molecule has 4 saturated carbocycles. The molecular weight excluding hydrogens is 476 g/mol. The SMILES string of the molecule is NC(N)=NC(=O)CCCOc1ccc(CC(NC(=O)OCC23CC4CC5CC(C2)C5(C4)C3)C(=O)O)cc1. The van der Waals surface area contributed by atoms with Crippen LogP contribution in [0.3, 0.4) is 0 Å². The molecule has 4 aliphatic carbocycles. The minimum atomic E-state index is -1.11. The van der Waals surface area contributed by atoms with Crippen LogP contribution in [0.15, 0.2) is 29.3 Å². The number of carboxylic acids is 1. The molecule has 0 aliphatic heterocycles. The summed E-state index contributed by atoms with van der Waals surface area (Å²) in [6.45, 7) is 0.692. The van der Waals surface area contributed by atoms with E-state index >= 15 is 0 Å². The first-order chi connectivity index (χ1) is 17.7. The first-order valence-electron chi connectivity index (χ1n) is 13.2. The molecule has 2 amide bonds. The number of ether oxygens (including phenoxy) is 2. The van der Waals surface area contributed by atoms with E-state index in [0.717, 1.165) is 36.2 Å². The van der Waals surface area contributed by atoms with Crippen molar-refractivity contribution in [3.05, 3.63) is 29.8 Å². The monoisotopic (exact) mass is 512 g/mol. The zero-order valence-electron chi connectivity index (χ0n) is 21.0. The van der Waals surface area contributed by atoms with Crippen molar-refractivity contribution in [3.63, 3.8) is 0 Å². The Bertz CT molecular complexity index is 1080. The van der Waals surface area contributed by atoms with Crippen LogP contribution in [0.4, 0.5) is 4.79 Å². The Labute approximate surface area is 216 Å². The number of aliphatic imine (C=N–C) groups is 1. The Morgan fingerprint density at radius 3 is 2.62 bits per heavy atom. The largest absolute Gasteiger partial charge is 0.494 e. The number of carboxylic acid groups (broad SMARTS) is 1. The second-order valence-corrected chi connectivity index (χ2v) is 11.6. The molecule has 10 nitrogen and oxygen atoms in total. The number of hydrogen-bond acceptors (Lipinski definition) is 5. The number of nitrogens with two attached hydrogens (primary N) is 2. The molecule has 3 bridgehead atoms. The maximum atomic E-state index is 12.6. The van der Waals surface area contributed by atoms with Crippen molar-refractivity contribution < 1.29 is 29.0 Å². The highest BCUT2D eigenvalue weighted by molar-refractivity contribution is 5.91. The number of hydrogen-bond donors (Lipinski definition) is 4. The lowest BCUT2D eigenvalue weighted by atomic mass is 9.55. The Morgan fingerprint density at radius 2 is 1.89 bits per heavy atom. The summed E-state index contributed by atoms with van der Waals surface area (Å²) in [5.41, 5.74) is 11.7. The van der Waals surface area contributed by atoms with Crippen molar-refractivity contribution in [2.24, 2.45) is 45.0 Å². The molecule has 0 heterocycles. The zero-order chi connectivity index (χ0) is 26.2. The van der Waals surface area contributed by atoms with E-state index in [1.54, 1.807) is 24.3 Å². The number of benzene rings is 1. The van der Waals surface area contributed by atoms with E-state index in [0.29, 0.717) is 30.8 Å². The Kier molecular flexibility index (Phi) is 6.76. The summed E-state index contributed by atoms with van der Waals surface area (Å²) in [5, 5.41) is 12.2. The first kappa shape index (κ1) is 25.4. The van der Waals surface area contributed by atoms with E-state index < -0.39 is 24.0 Å². The molecule has 200 valence electrons. The number of nitrogens with zero attached hydrogens (tertiary/aromatic N) is 1. The maximum Gasteiger partial charge on any atom is 0.407 e. The van der Waals surface area contributed by atoms with Crippen molar-refractivity contribution in [2.75, 3.05) is 13.2 Å². The third-order valence-corrected chi connectivity index (χ3v) is 9.11. The molecule has 6 N–H and O–H groups in total. The first-order valence-corrected chi connectivity index (χ1v) is 13.2. The zero-order valence-corrected chi connectivity index (χ0v) is 21.0. The number of nitrogens with one attached hydrogen (secondary N) is 1. The molecule has 6 atom stereocenters. The van der Waals surface area contributed by atoms with E-state index in [9.17, 15) is 19.5 Å². The summed E-state index contributed by atoms with van der Waals surface area (Å²) in [6.07, 6.45) is 7.58. The van der Waals surface area contributed by atoms with Gasteiger partial charge in [-0.25, -0.2) is 9.59 Å². The van der Waals surface area contributed by atoms with Gasteiger partial charge in [-0.3, -0.25) is 4.79 Å². The number of amides is 2. The molecule has 37 heavy (non-hydrogen) atoms. The van der Waals surface area contributed by atoms with E-state index in [1.165, 1.54) is 25.7 Å². The molecule has 4 fully saturated rings. The van der Waals surface area contributed by atoms with Crippen molar-refractivity contribution in [2.45, 2.75) is 63.8 Å². The molecule has 0 saturated heterocycles. The lowest BCUT2D eigenvalue weighted by molar-refractivity contribution is -0.139. The Balaban J connectivity index is 1.07. The molecule has 5 rings (SSSR count). The number of carbonyl (C=O) groups is 3. The summed E-state index contributed by atoms with van der Waals surface area (Å²) >= 11 is 0. The van der Waals surface area contributed by atoms with Gasteiger partial charge in [0.15, 0.2) is 5.96 Å². The second kappa shape index (κ2) is 9.87. The molecule has 0 radical (unpaired) electrons. The summed E-state index contributed by atoms with van der Waals surface area (Å²) in [4.78, 5) is 39.3. The molecule has 4 aliphatic rings. The normalized spacial score (nSPS) is 31.1. The van der Waals surface area contributed by atoms with Gasteiger partial charge in [0.05, 0.1) is 13.2 Å². The minimum absolute atomic E-state index is 0.0863. The fourth-order valence-corrected chi connectivity index (χ4v) is 7.88. The van der Waals surface area contributed by atoms with E-state index in [-0.39, 0.29) is 24.2 Å². The molecule has 1 aromatic carbocycles. The van der Waals surface area contributed by atoms with Crippen molar-refractivity contribution in [1.29, 1.82) is 0 Å². The van der Waals surface area contributed by atoms with Gasteiger partial charge in [-0.2, -0.15) is 4.99 Å². The van der Waals surface area contributed by atoms with Crippen molar-refractivity contribution in [3.8, 4) is 5.75 Å². The van der Waals surface area contributed by atoms with Gasteiger partial charge in [0.25, 0.3) is 0 Å². The number of fused-ring (bicyclic) bond motifs is 2. The lowest BCUT2D eigenvalue weighted by Gasteiger charge is -2.49. The molecule has 6 unspecified atom stereocenters. The molecule has 1 aromatic rings. The Morgan fingerprint density at radius 1 is 1.11 bits per heavy atom. The lowest BCUT2D eigenvalue weighted by Crippen LogP contribution is -2.44. The van der Waals surface area contributed by atoms with Gasteiger partial charge in [-0.15, -0.1) is 0 Å². The highest BCUT2D eigenvalue weighted by Gasteiger charge is 2.70. The summed E-state index contributed by atoms with van der Waals surface area (Å²) in [6, 6.07) is 5.86. The van der Waals surface area contributed by atoms with Gasteiger partial charge in [-0.05, 0) is 85.8 Å². The van der Waals surface area contributed by atoms with Crippen LogP contribution in [0.25, 0.3) is 0 Å². The van der Waals surface area contributed by atoms with Crippen LogP contribution in [0.1, 0.15) is 56.9 Å². The molecular formula is C27H36N4O6. The number of carbonyl (C=O) groups excluding carboxylic acids is 2. The van der Waals surface area contributed by atoms with E-state index in [4.69, 9.17) is 20.9 Å². The summed E-state index contributed by atoms with van der Waals surface area (Å²) in [5.74, 6) is 1.25. The standard InChI is InChI=1S/C27H36N4O6/c28-24(29)31-22(32)2-1-7-36-20-5-3-16(4-6-20)9-21(23(33)34)30-25(35)37-15-26-11-17-8-18-10-19(13-26)27(18,12-17)14-26/h3-6,17-19,21H,1-2,7-15H2,(H,30,35)(H,33,34)(H4,28,29,31,32). The van der Waals surface area contributed by atoms with Crippen molar-refractivity contribution in [1.82, 2.24) is 5.32 Å². The van der Waals surface area contributed by atoms with E-state index in [2.05, 4.69) is 10.3 Å². The van der Waals surface area contributed by atoms with Crippen LogP contribution in [-0.4, -0.2) is 48.3 Å². The van der Waals surface area contributed by atoms with Gasteiger partial charge >= 0.3 is 12.1 Å². The summed E-state index contributed by atoms with van der Waals surface area (Å²) < 4.78 is 11.2. The minimum Gasteiger partial charge on any atom is -0.494 e. The van der Waals surface area contributed by atoms with Gasteiger partial charge in [0, 0.05) is 18.3 Å².